The third kappa shape index (κ3) is 3.28. The summed E-state index contributed by atoms with van der Waals surface area (Å²) in [7, 11) is 1.59. The van der Waals surface area contributed by atoms with Gasteiger partial charge in [0.2, 0.25) is 0 Å². The Hall–Kier alpha value is -1.07. The van der Waals surface area contributed by atoms with E-state index in [0.29, 0.717) is 24.4 Å². The summed E-state index contributed by atoms with van der Waals surface area (Å²) < 4.78 is 5.90. The van der Waals surface area contributed by atoms with Crippen LogP contribution in [0.5, 0.6) is 5.75 Å². The van der Waals surface area contributed by atoms with Gasteiger partial charge in [-0.2, -0.15) is 0 Å². The first kappa shape index (κ1) is 14.3. The molecule has 1 N–H and O–H groups in total. The van der Waals surface area contributed by atoms with Crippen molar-refractivity contribution in [2.75, 3.05) is 20.2 Å². The van der Waals surface area contributed by atoms with Gasteiger partial charge in [0.25, 0.3) is 5.91 Å². The van der Waals surface area contributed by atoms with Crippen LogP contribution in [0, 0.1) is 0 Å². The molecule has 1 saturated heterocycles. The third-order valence-electron chi connectivity index (χ3n) is 3.36. The van der Waals surface area contributed by atoms with E-state index in [1.807, 2.05) is 0 Å². The SMILES string of the molecule is COc1ccc(C(=O)N2CCCC(C)(O)C2)cc1Br. The lowest BCUT2D eigenvalue weighted by Gasteiger charge is -2.36. The van der Waals surface area contributed by atoms with Gasteiger partial charge in [0.05, 0.1) is 17.2 Å². The number of piperidine rings is 1. The van der Waals surface area contributed by atoms with Crippen LogP contribution in [-0.2, 0) is 0 Å². The number of aliphatic hydroxyl groups is 1. The number of halogens is 1. The number of ether oxygens (including phenoxy) is 1. The molecule has 0 radical (unpaired) electrons. The van der Waals surface area contributed by atoms with E-state index >= 15 is 0 Å². The molecule has 0 aromatic heterocycles. The molecular formula is C14H18BrNO3. The molecule has 1 aromatic rings. The van der Waals surface area contributed by atoms with Gasteiger partial charge < -0.3 is 14.7 Å². The summed E-state index contributed by atoms with van der Waals surface area (Å²) in [5.74, 6) is 0.644. The summed E-state index contributed by atoms with van der Waals surface area (Å²) in [6.45, 7) is 2.85. The minimum absolute atomic E-state index is 0.0525. The summed E-state index contributed by atoms with van der Waals surface area (Å²) in [4.78, 5) is 14.1. The summed E-state index contributed by atoms with van der Waals surface area (Å²) in [6.07, 6.45) is 1.57. The number of benzene rings is 1. The molecule has 5 heteroatoms. The summed E-state index contributed by atoms with van der Waals surface area (Å²) in [5, 5.41) is 10.1. The molecule has 1 unspecified atom stereocenters. The fourth-order valence-corrected chi connectivity index (χ4v) is 2.92. The van der Waals surface area contributed by atoms with E-state index in [-0.39, 0.29) is 5.91 Å². The van der Waals surface area contributed by atoms with Gasteiger partial charge in [0.15, 0.2) is 0 Å². The lowest BCUT2D eigenvalue weighted by molar-refractivity contribution is -0.0107. The minimum Gasteiger partial charge on any atom is -0.496 e. The van der Waals surface area contributed by atoms with Crippen molar-refractivity contribution in [3.63, 3.8) is 0 Å². The highest BCUT2D eigenvalue weighted by atomic mass is 79.9. The minimum atomic E-state index is -0.780. The Balaban J connectivity index is 2.17. The number of likely N-dealkylation sites (tertiary alicyclic amines) is 1. The lowest BCUT2D eigenvalue weighted by atomic mass is 9.94. The second-order valence-electron chi connectivity index (χ2n) is 5.18. The van der Waals surface area contributed by atoms with Crippen LogP contribution >= 0.6 is 15.9 Å². The first-order valence-corrected chi connectivity index (χ1v) is 7.07. The smallest absolute Gasteiger partial charge is 0.253 e. The second-order valence-corrected chi connectivity index (χ2v) is 6.03. The number of amides is 1. The van der Waals surface area contributed by atoms with Crippen molar-refractivity contribution in [3.8, 4) is 5.75 Å². The number of rotatable bonds is 2. The standard InChI is InChI=1S/C14H18BrNO3/c1-14(18)6-3-7-16(9-14)13(17)10-4-5-12(19-2)11(15)8-10/h4-5,8,18H,3,6-7,9H2,1-2H3. The van der Waals surface area contributed by atoms with E-state index in [4.69, 9.17) is 4.74 Å². The predicted octanol–water partition coefficient (Wildman–Crippen LogP) is 2.44. The van der Waals surface area contributed by atoms with E-state index in [2.05, 4.69) is 15.9 Å². The number of β-amino-alcohol motifs (C(OH)–C–C–N with tert-alkyl or cyclic N) is 1. The van der Waals surface area contributed by atoms with Crippen LogP contribution < -0.4 is 4.74 Å². The van der Waals surface area contributed by atoms with E-state index in [0.717, 1.165) is 17.3 Å². The number of hydrogen-bond acceptors (Lipinski definition) is 3. The molecule has 0 bridgehead atoms. The molecular weight excluding hydrogens is 310 g/mol. The zero-order valence-electron chi connectivity index (χ0n) is 11.1. The molecule has 19 heavy (non-hydrogen) atoms. The van der Waals surface area contributed by atoms with Crippen molar-refractivity contribution >= 4 is 21.8 Å². The van der Waals surface area contributed by atoms with Gasteiger partial charge >= 0.3 is 0 Å². The van der Waals surface area contributed by atoms with Gasteiger partial charge in [0, 0.05) is 18.7 Å². The van der Waals surface area contributed by atoms with Crippen molar-refractivity contribution in [1.29, 1.82) is 0 Å². The Morgan fingerprint density at radius 2 is 2.26 bits per heavy atom. The molecule has 104 valence electrons. The molecule has 0 aliphatic carbocycles. The maximum Gasteiger partial charge on any atom is 0.253 e. The number of hydrogen-bond donors (Lipinski definition) is 1. The summed E-state index contributed by atoms with van der Waals surface area (Å²) >= 11 is 3.38. The lowest BCUT2D eigenvalue weighted by Crippen LogP contribution is -2.48. The van der Waals surface area contributed by atoms with Gasteiger partial charge in [-0.25, -0.2) is 0 Å². The van der Waals surface area contributed by atoms with Crippen molar-refractivity contribution in [2.24, 2.45) is 0 Å². The Bertz CT molecular complexity index is 488. The van der Waals surface area contributed by atoms with Crippen molar-refractivity contribution in [3.05, 3.63) is 28.2 Å². The molecule has 1 amide bonds. The fraction of sp³-hybridized carbons (Fsp3) is 0.500. The molecule has 1 aliphatic rings. The fourth-order valence-electron chi connectivity index (χ4n) is 2.38. The second kappa shape index (κ2) is 5.51. The Morgan fingerprint density at radius 1 is 1.53 bits per heavy atom. The predicted molar refractivity (Wildman–Crippen MR) is 76.5 cm³/mol. The molecule has 1 aliphatic heterocycles. The number of methoxy groups -OCH3 is 1. The molecule has 0 spiro atoms. The number of nitrogens with zero attached hydrogens (tertiary/aromatic N) is 1. The zero-order valence-corrected chi connectivity index (χ0v) is 12.7. The monoisotopic (exact) mass is 327 g/mol. The Kier molecular flexibility index (Phi) is 4.16. The molecule has 2 rings (SSSR count). The van der Waals surface area contributed by atoms with Crippen molar-refractivity contribution in [2.45, 2.75) is 25.4 Å². The first-order chi connectivity index (χ1) is 8.93. The zero-order chi connectivity index (χ0) is 14.0. The Labute approximate surface area is 121 Å². The maximum atomic E-state index is 12.4. The quantitative estimate of drug-likeness (QED) is 0.907. The van der Waals surface area contributed by atoms with Crippen LogP contribution in [0.4, 0.5) is 0 Å². The molecule has 0 saturated carbocycles. The molecule has 1 heterocycles. The highest BCUT2D eigenvalue weighted by Crippen LogP contribution is 2.27. The summed E-state index contributed by atoms with van der Waals surface area (Å²) in [6, 6.07) is 5.26. The summed E-state index contributed by atoms with van der Waals surface area (Å²) in [5.41, 5.74) is -0.178. The van der Waals surface area contributed by atoms with Crippen molar-refractivity contribution in [1.82, 2.24) is 4.90 Å². The van der Waals surface area contributed by atoms with Gasteiger partial charge in [0.1, 0.15) is 5.75 Å². The van der Waals surface area contributed by atoms with E-state index in [1.165, 1.54) is 0 Å². The largest absolute Gasteiger partial charge is 0.496 e. The molecule has 4 nitrogen and oxygen atoms in total. The first-order valence-electron chi connectivity index (χ1n) is 6.28. The Morgan fingerprint density at radius 3 is 2.84 bits per heavy atom. The average molecular weight is 328 g/mol. The third-order valence-corrected chi connectivity index (χ3v) is 3.98. The van der Waals surface area contributed by atoms with Crippen LogP contribution in [0.2, 0.25) is 0 Å². The van der Waals surface area contributed by atoms with Crippen LogP contribution in [0.25, 0.3) is 0 Å². The molecule has 1 atom stereocenters. The average Bonchev–Trinajstić information content (AvgIpc) is 2.36. The van der Waals surface area contributed by atoms with Gasteiger partial charge in [-0.1, -0.05) is 0 Å². The number of carbonyl (C=O) groups excluding carboxylic acids is 1. The van der Waals surface area contributed by atoms with Gasteiger partial charge in [-0.3, -0.25) is 4.79 Å². The van der Waals surface area contributed by atoms with E-state index in [9.17, 15) is 9.90 Å². The van der Waals surface area contributed by atoms with Gasteiger partial charge in [-0.05, 0) is 53.9 Å². The maximum absolute atomic E-state index is 12.4. The molecule has 1 aromatic carbocycles. The van der Waals surface area contributed by atoms with Crippen LogP contribution in [0.1, 0.15) is 30.1 Å². The highest BCUT2D eigenvalue weighted by Gasteiger charge is 2.31. The van der Waals surface area contributed by atoms with Crippen LogP contribution in [0.3, 0.4) is 0 Å². The normalized spacial score (nSPS) is 23.3. The van der Waals surface area contributed by atoms with E-state index < -0.39 is 5.60 Å². The van der Waals surface area contributed by atoms with Crippen LogP contribution in [0.15, 0.2) is 22.7 Å². The topological polar surface area (TPSA) is 49.8 Å². The number of carbonyl (C=O) groups is 1. The highest BCUT2D eigenvalue weighted by molar-refractivity contribution is 9.10. The van der Waals surface area contributed by atoms with Gasteiger partial charge in [-0.15, -0.1) is 0 Å². The van der Waals surface area contributed by atoms with Crippen molar-refractivity contribution < 1.29 is 14.6 Å². The molecule has 1 fully saturated rings. The van der Waals surface area contributed by atoms with Crippen LogP contribution in [-0.4, -0.2) is 41.7 Å². The van der Waals surface area contributed by atoms with E-state index in [1.54, 1.807) is 37.1 Å².